The highest BCUT2D eigenvalue weighted by Gasteiger charge is 2.15. The Morgan fingerprint density at radius 2 is 1.80 bits per heavy atom. The number of carbonyl (C=O) groups is 1. The minimum Gasteiger partial charge on any atom is -0.495 e. The molecule has 0 aliphatic heterocycles. The van der Waals surface area contributed by atoms with E-state index < -0.39 is 0 Å². The number of nitrogens with zero attached hydrogens (tertiary/aromatic N) is 1. The molecule has 2 N–H and O–H groups in total. The molecule has 2 rings (SSSR count). The molecule has 2 aromatic carbocycles. The van der Waals surface area contributed by atoms with Crippen LogP contribution in [-0.4, -0.2) is 20.1 Å². The first-order valence-electron chi connectivity index (χ1n) is 6.31. The number of anilines is 2. The molecule has 0 unspecified atom stereocenters. The van der Waals surface area contributed by atoms with Crippen molar-refractivity contribution < 1.29 is 9.53 Å². The summed E-state index contributed by atoms with van der Waals surface area (Å²) in [5.41, 5.74) is 8.81. The second-order valence-electron chi connectivity index (χ2n) is 4.66. The van der Waals surface area contributed by atoms with Crippen molar-refractivity contribution in [3.8, 4) is 5.75 Å². The van der Waals surface area contributed by atoms with Crippen LogP contribution in [0.2, 0.25) is 0 Å². The van der Waals surface area contributed by atoms with Crippen LogP contribution in [-0.2, 0) is 0 Å². The van der Waals surface area contributed by atoms with Crippen molar-refractivity contribution in [3.63, 3.8) is 0 Å². The molecule has 1 amide bonds. The van der Waals surface area contributed by atoms with E-state index in [9.17, 15) is 4.79 Å². The predicted molar refractivity (Wildman–Crippen MR) is 81.3 cm³/mol. The zero-order chi connectivity index (χ0) is 14.7. The number of aryl methyl sites for hydroxylation is 1. The molecule has 0 fully saturated rings. The second kappa shape index (κ2) is 5.65. The Labute approximate surface area is 118 Å². The number of nitrogens with two attached hydrogens (primary N) is 1. The molecule has 0 bridgehead atoms. The van der Waals surface area contributed by atoms with Gasteiger partial charge in [-0.2, -0.15) is 0 Å². The van der Waals surface area contributed by atoms with Crippen molar-refractivity contribution in [1.82, 2.24) is 0 Å². The van der Waals surface area contributed by atoms with Gasteiger partial charge in [0.15, 0.2) is 0 Å². The molecule has 0 atom stereocenters. The zero-order valence-electron chi connectivity index (χ0n) is 11.9. The van der Waals surface area contributed by atoms with Gasteiger partial charge in [-0.25, -0.2) is 0 Å². The Balaban J connectivity index is 2.28. The minimum absolute atomic E-state index is 0.104. The molecular weight excluding hydrogens is 252 g/mol. The monoisotopic (exact) mass is 270 g/mol. The lowest BCUT2D eigenvalue weighted by Gasteiger charge is -2.18. The predicted octanol–water partition coefficient (Wildman–Crippen LogP) is 2.86. The molecule has 0 aromatic heterocycles. The van der Waals surface area contributed by atoms with E-state index in [4.69, 9.17) is 10.5 Å². The Morgan fingerprint density at radius 3 is 2.40 bits per heavy atom. The summed E-state index contributed by atoms with van der Waals surface area (Å²) in [6.45, 7) is 2.01. The number of carbonyl (C=O) groups excluding carboxylic acids is 1. The quantitative estimate of drug-likeness (QED) is 0.872. The van der Waals surface area contributed by atoms with Gasteiger partial charge < -0.3 is 15.4 Å². The van der Waals surface area contributed by atoms with Gasteiger partial charge in [0.05, 0.1) is 12.8 Å². The fourth-order valence-corrected chi connectivity index (χ4v) is 1.92. The third-order valence-electron chi connectivity index (χ3n) is 3.21. The molecule has 2 aromatic rings. The fraction of sp³-hybridized carbons (Fsp3) is 0.188. The third kappa shape index (κ3) is 2.74. The van der Waals surface area contributed by atoms with Crippen LogP contribution in [0.25, 0.3) is 0 Å². The summed E-state index contributed by atoms with van der Waals surface area (Å²) in [5, 5.41) is 0. The first kappa shape index (κ1) is 13.9. The van der Waals surface area contributed by atoms with Crippen LogP contribution in [0.15, 0.2) is 42.5 Å². The van der Waals surface area contributed by atoms with Crippen LogP contribution in [0, 0.1) is 6.92 Å². The lowest BCUT2D eigenvalue weighted by Crippen LogP contribution is -2.26. The van der Waals surface area contributed by atoms with Gasteiger partial charge in [-0.15, -0.1) is 0 Å². The highest BCUT2D eigenvalue weighted by atomic mass is 16.5. The smallest absolute Gasteiger partial charge is 0.258 e. The summed E-state index contributed by atoms with van der Waals surface area (Å²) in [7, 11) is 3.28. The second-order valence-corrected chi connectivity index (χ2v) is 4.66. The summed E-state index contributed by atoms with van der Waals surface area (Å²) in [6, 6.07) is 12.8. The van der Waals surface area contributed by atoms with Gasteiger partial charge in [0.25, 0.3) is 5.91 Å². The van der Waals surface area contributed by atoms with E-state index in [1.54, 1.807) is 30.1 Å². The van der Waals surface area contributed by atoms with Gasteiger partial charge in [0.1, 0.15) is 5.75 Å². The van der Waals surface area contributed by atoms with Crippen LogP contribution >= 0.6 is 0 Å². The van der Waals surface area contributed by atoms with E-state index in [0.717, 1.165) is 11.3 Å². The van der Waals surface area contributed by atoms with Crippen molar-refractivity contribution in [1.29, 1.82) is 0 Å². The van der Waals surface area contributed by atoms with Crippen molar-refractivity contribution in [3.05, 3.63) is 53.6 Å². The van der Waals surface area contributed by atoms with Crippen molar-refractivity contribution in [2.45, 2.75) is 6.92 Å². The summed E-state index contributed by atoms with van der Waals surface area (Å²) >= 11 is 0. The Bertz CT molecular complexity index is 621. The average molecular weight is 270 g/mol. The molecule has 4 heteroatoms. The number of hydrogen-bond donors (Lipinski definition) is 1. The molecule has 20 heavy (non-hydrogen) atoms. The number of rotatable bonds is 3. The van der Waals surface area contributed by atoms with Gasteiger partial charge >= 0.3 is 0 Å². The summed E-state index contributed by atoms with van der Waals surface area (Å²) in [6.07, 6.45) is 0. The van der Waals surface area contributed by atoms with Crippen molar-refractivity contribution in [2.75, 3.05) is 24.8 Å². The number of benzene rings is 2. The highest BCUT2D eigenvalue weighted by Crippen LogP contribution is 2.24. The normalized spacial score (nSPS) is 10.2. The molecule has 0 aliphatic rings. The number of amides is 1. The van der Waals surface area contributed by atoms with Crippen LogP contribution in [0.5, 0.6) is 5.75 Å². The van der Waals surface area contributed by atoms with Gasteiger partial charge in [0, 0.05) is 18.3 Å². The van der Waals surface area contributed by atoms with E-state index in [1.165, 1.54) is 7.11 Å². The maximum absolute atomic E-state index is 12.4. The lowest BCUT2D eigenvalue weighted by atomic mass is 10.1. The number of hydrogen-bond acceptors (Lipinski definition) is 3. The molecule has 104 valence electrons. The largest absolute Gasteiger partial charge is 0.495 e. The standard InChI is InChI=1S/C16H18N2O2/c1-11-4-7-13(8-5-11)18(2)16(19)12-6-9-14(17)15(10-12)20-3/h4-10H,17H2,1-3H3. The summed E-state index contributed by atoms with van der Waals surface area (Å²) in [4.78, 5) is 14.0. The van der Waals surface area contributed by atoms with Gasteiger partial charge in [-0.3, -0.25) is 4.79 Å². The van der Waals surface area contributed by atoms with Crippen LogP contribution in [0.1, 0.15) is 15.9 Å². The average Bonchev–Trinajstić information content (AvgIpc) is 2.47. The first-order valence-corrected chi connectivity index (χ1v) is 6.31. The number of nitrogen functional groups attached to an aromatic ring is 1. The Morgan fingerprint density at radius 1 is 1.15 bits per heavy atom. The van der Waals surface area contributed by atoms with Crippen molar-refractivity contribution >= 4 is 17.3 Å². The van der Waals surface area contributed by atoms with E-state index in [2.05, 4.69) is 0 Å². The molecule has 0 radical (unpaired) electrons. The van der Waals surface area contributed by atoms with Crippen LogP contribution in [0.4, 0.5) is 11.4 Å². The highest BCUT2D eigenvalue weighted by molar-refractivity contribution is 6.06. The molecule has 0 saturated heterocycles. The molecular formula is C16H18N2O2. The SMILES string of the molecule is COc1cc(C(=O)N(C)c2ccc(C)cc2)ccc1N. The summed E-state index contributed by atoms with van der Waals surface area (Å²) in [5.74, 6) is 0.403. The van der Waals surface area contributed by atoms with E-state index in [-0.39, 0.29) is 5.91 Å². The number of ether oxygens (including phenoxy) is 1. The first-order chi connectivity index (χ1) is 9.52. The van der Waals surface area contributed by atoms with Crippen LogP contribution in [0.3, 0.4) is 0 Å². The molecule has 0 saturated carbocycles. The Hall–Kier alpha value is -2.49. The molecule has 4 nitrogen and oxygen atoms in total. The number of methoxy groups -OCH3 is 1. The van der Waals surface area contributed by atoms with Gasteiger partial charge in [-0.05, 0) is 37.3 Å². The van der Waals surface area contributed by atoms with E-state index in [1.807, 2.05) is 31.2 Å². The maximum Gasteiger partial charge on any atom is 0.258 e. The van der Waals surface area contributed by atoms with Gasteiger partial charge in [0.2, 0.25) is 0 Å². The fourth-order valence-electron chi connectivity index (χ4n) is 1.92. The third-order valence-corrected chi connectivity index (χ3v) is 3.21. The minimum atomic E-state index is -0.104. The van der Waals surface area contributed by atoms with Crippen molar-refractivity contribution in [2.24, 2.45) is 0 Å². The molecule has 0 aliphatic carbocycles. The molecule has 0 spiro atoms. The molecule has 0 heterocycles. The zero-order valence-corrected chi connectivity index (χ0v) is 11.9. The maximum atomic E-state index is 12.4. The van der Waals surface area contributed by atoms with E-state index >= 15 is 0 Å². The topological polar surface area (TPSA) is 55.6 Å². The van der Waals surface area contributed by atoms with E-state index in [0.29, 0.717) is 17.0 Å². The van der Waals surface area contributed by atoms with Crippen LogP contribution < -0.4 is 15.4 Å². The Kier molecular flexibility index (Phi) is 3.94. The lowest BCUT2D eigenvalue weighted by molar-refractivity contribution is 0.0992. The summed E-state index contributed by atoms with van der Waals surface area (Å²) < 4.78 is 5.14. The van der Waals surface area contributed by atoms with Gasteiger partial charge in [-0.1, -0.05) is 17.7 Å².